The Bertz CT molecular complexity index is 999. The van der Waals surface area contributed by atoms with Crippen LogP contribution >= 0.6 is 23.2 Å². The molecule has 0 spiro atoms. The molecule has 3 aromatic rings. The molecule has 0 unspecified atom stereocenters. The predicted octanol–water partition coefficient (Wildman–Crippen LogP) is 4.45. The van der Waals surface area contributed by atoms with Gasteiger partial charge in [-0.15, -0.1) is 0 Å². The van der Waals surface area contributed by atoms with Crippen LogP contribution in [0.15, 0.2) is 53.6 Å². The van der Waals surface area contributed by atoms with Gasteiger partial charge < -0.3 is 0 Å². The summed E-state index contributed by atoms with van der Waals surface area (Å²) in [5, 5.41) is 9.01. The lowest BCUT2D eigenvalue weighted by atomic mass is 10.2. The largest absolute Gasteiger partial charge is 0.272 e. The summed E-state index contributed by atoms with van der Waals surface area (Å²) in [5.74, 6) is -0.729. The monoisotopic (exact) mass is 404 g/mol. The number of aromatic nitrogens is 2. The van der Waals surface area contributed by atoms with Gasteiger partial charge in [0.15, 0.2) is 0 Å². The van der Waals surface area contributed by atoms with Gasteiger partial charge in [0, 0.05) is 0 Å². The number of amides is 1. The minimum Gasteiger partial charge on any atom is -0.267 e. The van der Waals surface area contributed by atoms with E-state index in [0.717, 1.165) is 5.56 Å². The minimum absolute atomic E-state index is 0.302. The number of carbonyl (C=O) groups excluding carboxylic acids is 1. The van der Waals surface area contributed by atoms with E-state index in [4.69, 9.17) is 23.2 Å². The van der Waals surface area contributed by atoms with Gasteiger partial charge in [0.05, 0.1) is 34.6 Å². The van der Waals surface area contributed by atoms with E-state index < -0.39 is 5.91 Å². The molecule has 1 amide bonds. The predicted molar refractivity (Wildman–Crippen MR) is 104 cm³/mol. The minimum atomic E-state index is -0.427. The Morgan fingerprint density at radius 1 is 1.22 bits per heavy atom. The molecule has 1 heterocycles. The van der Waals surface area contributed by atoms with Gasteiger partial charge in [-0.05, 0) is 36.8 Å². The zero-order valence-electron chi connectivity index (χ0n) is 14.3. The first-order valence-electron chi connectivity index (χ1n) is 8.01. The summed E-state index contributed by atoms with van der Waals surface area (Å²) in [6.45, 7) is 2.17. The lowest BCUT2D eigenvalue weighted by Crippen LogP contribution is -2.18. The molecule has 0 aliphatic rings. The number of halogens is 3. The molecule has 2 aromatic carbocycles. The van der Waals surface area contributed by atoms with Gasteiger partial charge in [-0.3, -0.25) is 4.79 Å². The smallest absolute Gasteiger partial charge is 0.267 e. The third kappa shape index (κ3) is 4.53. The van der Waals surface area contributed by atoms with Crippen LogP contribution in [0.25, 0.3) is 0 Å². The average Bonchev–Trinajstić information content (AvgIpc) is 2.91. The maximum absolute atomic E-state index is 13.0. The number of aryl methyl sites for hydroxylation is 1. The Labute approximate surface area is 165 Å². The van der Waals surface area contributed by atoms with E-state index in [1.807, 2.05) is 0 Å². The van der Waals surface area contributed by atoms with Crippen molar-refractivity contribution in [3.05, 3.63) is 86.9 Å². The van der Waals surface area contributed by atoms with Crippen molar-refractivity contribution in [1.82, 2.24) is 15.2 Å². The van der Waals surface area contributed by atoms with Crippen LogP contribution in [-0.2, 0) is 6.54 Å². The molecule has 0 aliphatic heterocycles. The van der Waals surface area contributed by atoms with Crippen molar-refractivity contribution in [3.63, 3.8) is 0 Å². The second kappa shape index (κ2) is 8.33. The van der Waals surface area contributed by atoms with Crippen LogP contribution in [0.5, 0.6) is 0 Å². The van der Waals surface area contributed by atoms with E-state index >= 15 is 0 Å². The second-order valence-electron chi connectivity index (χ2n) is 5.75. The van der Waals surface area contributed by atoms with Crippen LogP contribution in [-0.4, -0.2) is 21.9 Å². The van der Waals surface area contributed by atoms with Crippen molar-refractivity contribution in [2.24, 2.45) is 5.10 Å². The van der Waals surface area contributed by atoms with Gasteiger partial charge >= 0.3 is 0 Å². The molecule has 138 valence electrons. The van der Waals surface area contributed by atoms with Gasteiger partial charge in [0.25, 0.3) is 5.91 Å². The Morgan fingerprint density at radius 2 is 1.93 bits per heavy atom. The van der Waals surface area contributed by atoms with Crippen LogP contribution in [0.3, 0.4) is 0 Å². The Morgan fingerprint density at radius 3 is 2.63 bits per heavy atom. The number of carbonyl (C=O) groups is 1. The van der Waals surface area contributed by atoms with Crippen molar-refractivity contribution < 1.29 is 9.18 Å². The van der Waals surface area contributed by atoms with Crippen molar-refractivity contribution in [2.45, 2.75) is 13.5 Å². The fourth-order valence-corrected chi connectivity index (χ4v) is 2.95. The van der Waals surface area contributed by atoms with E-state index in [1.165, 1.54) is 18.3 Å². The molecule has 1 aromatic heterocycles. The Kier molecular flexibility index (Phi) is 5.88. The highest BCUT2D eigenvalue weighted by Gasteiger charge is 2.13. The normalized spacial score (nSPS) is 11.1. The fourth-order valence-electron chi connectivity index (χ4n) is 2.44. The maximum Gasteiger partial charge on any atom is 0.272 e. The van der Waals surface area contributed by atoms with Crippen LogP contribution in [0.2, 0.25) is 10.2 Å². The molecule has 0 aliphatic carbocycles. The topological polar surface area (TPSA) is 59.3 Å². The zero-order chi connectivity index (χ0) is 19.4. The first-order valence-corrected chi connectivity index (χ1v) is 8.76. The van der Waals surface area contributed by atoms with Gasteiger partial charge in [-0.2, -0.15) is 10.2 Å². The standard InChI is InChI=1S/C19H15Cl2FN4O/c1-12-16(10-23-24-19(27)15-4-2-3-5-17(15)20)18(21)26(25-12)11-13-6-8-14(22)9-7-13/h2-10H,11H2,1H3,(H,24,27)/b23-10-. The van der Waals surface area contributed by atoms with E-state index in [9.17, 15) is 9.18 Å². The molecular weight excluding hydrogens is 390 g/mol. The zero-order valence-corrected chi connectivity index (χ0v) is 15.8. The van der Waals surface area contributed by atoms with Crippen LogP contribution < -0.4 is 5.43 Å². The highest BCUT2D eigenvalue weighted by atomic mass is 35.5. The number of hydrogen-bond donors (Lipinski definition) is 1. The van der Waals surface area contributed by atoms with E-state index in [0.29, 0.717) is 33.5 Å². The summed E-state index contributed by atoms with van der Waals surface area (Å²) < 4.78 is 14.6. The van der Waals surface area contributed by atoms with Crippen LogP contribution in [0, 0.1) is 12.7 Å². The first-order chi connectivity index (χ1) is 13.0. The molecule has 8 heteroatoms. The van der Waals surface area contributed by atoms with Gasteiger partial charge in [0.1, 0.15) is 11.0 Å². The SMILES string of the molecule is Cc1nn(Cc2ccc(F)cc2)c(Cl)c1/C=N\NC(=O)c1ccccc1Cl. The fraction of sp³-hybridized carbons (Fsp3) is 0.105. The summed E-state index contributed by atoms with van der Waals surface area (Å²) in [4.78, 5) is 12.1. The highest BCUT2D eigenvalue weighted by Crippen LogP contribution is 2.19. The lowest BCUT2D eigenvalue weighted by molar-refractivity contribution is 0.0955. The summed E-state index contributed by atoms with van der Waals surface area (Å²) in [6.07, 6.45) is 1.43. The molecule has 0 saturated heterocycles. The van der Waals surface area contributed by atoms with Gasteiger partial charge in [-0.1, -0.05) is 47.5 Å². The number of hydrogen-bond acceptors (Lipinski definition) is 3. The molecule has 0 bridgehead atoms. The van der Waals surface area contributed by atoms with Gasteiger partial charge in [0.2, 0.25) is 0 Å². The molecule has 0 fully saturated rings. The number of nitrogens with zero attached hydrogens (tertiary/aromatic N) is 3. The van der Waals surface area contributed by atoms with Crippen LogP contribution in [0.4, 0.5) is 4.39 Å². The lowest BCUT2D eigenvalue weighted by Gasteiger charge is -2.03. The molecule has 3 rings (SSSR count). The molecule has 0 saturated carbocycles. The highest BCUT2D eigenvalue weighted by molar-refractivity contribution is 6.34. The molecular formula is C19H15Cl2FN4O. The third-order valence-corrected chi connectivity index (χ3v) is 4.56. The number of benzene rings is 2. The third-order valence-electron chi connectivity index (χ3n) is 3.83. The quantitative estimate of drug-likeness (QED) is 0.504. The molecule has 0 radical (unpaired) electrons. The van der Waals surface area contributed by atoms with E-state index in [2.05, 4.69) is 15.6 Å². The van der Waals surface area contributed by atoms with Crippen LogP contribution in [0.1, 0.15) is 27.2 Å². The average molecular weight is 405 g/mol. The van der Waals surface area contributed by atoms with Crippen molar-refractivity contribution >= 4 is 35.3 Å². The summed E-state index contributed by atoms with van der Waals surface area (Å²) in [7, 11) is 0. The summed E-state index contributed by atoms with van der Waals surface area (Å²) >= 11 is 12.4. The second-order valence-corrected chi connectivity index (χ2v) is 6.52. The molecule has 0 atom stereocenters. The maximum atomic E-state index is 13.0. The number of nitrogens with one attached hydrogen (secondary N) is 1. The number of rotatable bonds is 5. The summed E-state index contributed by atoms with van der Waals surface area (Å²) in [5.41, 5.74) is 4.83. The molecule has 5 nitrogen and oxygen atoms in total. The van der Waals surface area contributed by atoms with Crippen molar-refractivity contribution in [2.75, 3.05) is 0 Å². The summed E-state index contributed by atoms with van der Waals surface area (Å²) in [6, 6.07) is 12.8. The molecule has 27 heavy (non-hydrogen) atoms. The Balaban J connectivity index is 1.72. The van der Waals surface area contributed by atoms with Crippen molar-refractivity contribution in [3.8, 4) is 0 Å². The van der Waals surface area contributed by atoms with E-state index in [1.54, 1.807) is 48.0 Å². The first kappa shape index (κ1) is 19.1. The van der Waals surface area contributed by atoms with E-state index in [-0.39, 0.29) is 5.82 Å². The Hall–Kier alpha value is -2.70. The van der Waals surface area contributed by atoms with Gasteiger partial charge in [-0.25, -0.2) is 14.5 Å². The number of hydrazone groups is 1. The van der Waals surface area contributed by atoms with Crippen molar-refractivity contribution in [1.29, 1.82) is 0 Å². The molecule has 1 N–H and O–H groups in total.